The summed E-state index contributed by atoms with van der Waals surface area (Å²) in [4.78, 5) is 0. The zero-order chi connectivity index (χ0) is 13.6. The fourth-order valence-electron chi connectivity index (χ4n) is 4.56. The minimum Gasteiger partial charge on any atom is -0.375 e. The molecule has 3 rings (SSSR count). The molecule has 19 heavy (non-hydrogen) atoms. The van der Waals surface area contributed by atoms with E-state index in [1.54, 1.807) is 0 Å². The summed E-state index contributed by atoms with van der Waals surface area (Å²) in [5.41, 5.74) is 7.74. The standard InChI is InChI=1S/C17H31NO/c1-15(2)6-3-9-17(18,11-10-15)14-5-12-19-16(13-14)7-4-8-16/h14H,3-13,18H2,1-2H3. The van der Waals surface area contributed by atoms with Crippen molar-refractivity contribution in [1.82, 2.24) is 0 Å². The van der Waals surface area contributed by atoms with Gasteiger partial charge in [0.05, 0.1) is 5.60 Å². The molecule has 0 aromatic carbocycles. The molecule has 2 unspecified atom stereocenters. The maximum absolute atomic E-state index is 6.90. The second kappa shape index (κ2) is 4.73. The average Bonchev–Trinajstić information content (AvgIpc) is 2.48. The fraction of sp³-hybridized carbons (Fsp3) is 1.00. The van der Waals surface area contributed by atoms with E-state index in [0.717, 1.165) is 6.61 Å². The summed E-state index contributed by atoms with van der Waals surface area (Å²) in [6, 6.07) is 0. The van der Waals surface area contributed by atoms with Crippen LogP contribution in [0.3, 0.4) is 0 Å². The molecule has 2 atom stereocenters. The highest BCUT2D eigenvalue weighted by Crippen LogP contribution is 2.49. The third-order valence-corrected chi connectivity index (χ3v) is 6.33. The van der Waals surface area contributed by atoms with Crippen LogP contribution < -0.4 is 5.73 Å². The van der Waals surface area contributed by atoms with Crippen molar-refractivity contribution in [1.29, 1.82) is 0 Å². The van der Waals surface area contributed by atoms with E-state index in [9.17, 15) is 0 Å². The second-order valence-corrected chi connectivity index (χ2v) is 8.33. The zero-order valence-corrected chi connectivity index (χ0v) is 12.8. The summed E-state index contributed by atoms with van der Waals surface area (Å²) in [6.45, 7) is 5.78. The Labute approximate surface area is 118 Å². The first kappa shape index (κ1) is 13.9. The molecule has 0 amide bonds. The van der Waals surface area contributed by atoms with Crippen molar-refractivity contribution in [3.05, 3.63) is 0 Å². The molecule has 0 aromatic heterocycles. The lowest BCUT2D eigenvalue weighted by Crippen LogP contribution is -2.55. The van der Waals surface area contributed by atoms with Crippen molar-refractivity contribution in [3.63, 3.8) is 0 Å². The molecule has 2 N–H and O–H groups in total. The van der Waals surface area contributed by atoms with Gasteiger partial charge in [0.2, 0.25) is 0 Å². The molecule has 3 fully saturated rings. The van der Waals surface area contributed by atoms with Crippen molar-refractivity contribution >= 4 is 0 Å². The third-order valence-electron chi connectivity index (χ3n) is 6.33. The first-order valence-corrected chi connectivity index (χ1v) is 8.36. The van der Waals surface area contributed by atoms with E-state index >= 15 is 0 Å². The zero-order valence-electron chi connectivity index (χ0n) is 12.8. The lowest BCUT2D eigenvalue weighted by Gasteiger charge is -2.51. The van der Waals surface area contributed by atoms with Crippen molar-refractivity contribution in [2.45, 2.75) is 89.2 Å². The predicted octanol–water partition coefficient (Wildman–Crippen LogP) is 4.02. The molecular formula is C17H31NO. The van der Waals surface area contributed by atoms with Gasteiger partial charge in [-0.3, -0.25) is 0 Å². The Hall–Kier alpha value is -0.0800. The van der Waals surface area contributed by atoms with Gasteiger partial charge in [0.25, 0.3) is 0 Å². The van der Waals surface area contributed by atoms with Gasteiger partial charge in [-0.05, 0) is 69.1 Å². The first-order valence-electron chi connectivity index (χ1n) is 8.36. The summed E-state index contributed by atoms with van der Waals surface area (Å²) in [5, 5.41) is 0. The van der Waals surface area contributed by atoms with Crippen LogP contribution in [0.4, 0.5) is 0 Å². The topological polar surface area (TPSA) is 35.2 Å². The van der Waals surface area contributed by atoms with E-state index in [1.807, 2.05) is 0 Å². The van der Waals surface area contributed by atoms with Gasteiger partial charge in [-0.15, -0.1) is 0 Å². The maximum Gasteiger partial charge on any atom is 0.0686 e. The van der Waals surface area contributed by atoms with Gasteiger partial charge < -0.3 is 10.5 Å². The smallest absolute Gasteiger partial charge is 0.0686 e. The Bertz CT molecular complexity index is 334. The van der Waals surface area contributed by atoms with Gasteiger partial charge >= 0.3 is 0 Å². The van der Waals surface area contributed by atoms with Crippen LogP contribution in [0.15, 0.2) is 0 Å². The average molecular weight is 265 g/mol. The number of ether oxygens (including phenoxy) is 1. The molecule has 1 spiro atoms. The molecule has 2 heteroatoms. The summed E-state index contributed by atoms with van der Waals surface area (Å²) < 4.78 is 6.08. The first-order chi connectivity index (χ1) is 8.93. The Kier molecular flexibility index (Phi) is 3.46. The van der Waals surface area contributed by atoms with Crippen LogP contribution in [-0.2, 0) is 4.74 Å². The molecule has 110 valence electrons. The SMILES string of the molecule is CC1(C)CCCC(N)(C2CCOC3(CCC3)C2)CC1. The van der Waals surface area contributed by atoms with Crippen molar-refractivity contribution in [2.24, 2.45) is 17.1 Å². The lowest BCUT2D eigenvalue weighted by atomic mass is 9.65. The van der Waals surface area contributed by atoms with Gasteiger partial charge in [-0.1, -0.05) is 20.3 Å². The Morgan fingerprint density at radius 3 is 2.37 bits per heavy atom. The minimum atomic E-state index is 0.0974. The summed E-state index contributed by atoms with van der Waals surface area (Å²) in [7, 11) is 0. The van der Waals surface area contributed by atoms with Crippen LogP contribution in [0.5, 0.6) is 0 Å². The quantitative estimate of drug-likeness (QED) is 0.727. The molecule has 2 nitrogen and oxygen atoms in total. The minimum absolute atomic E-state index is 0.0974. The number of rotatable bonds is 1. The number of hydrogen-bond acceptors (Lipinski definition) is 2. The highest BCUT2D eigenvalue weighted by atomic mass is 16.5. The summed E-state index contributed by atoms with van der Waals surface area (Å²) >= 11 is 0. The van der Waals surface area contributed by atoms with Crippen molar-refractivity contribution < 1.29 is 4.74 Å². The van der Waals surface area contributed by atoms with E-state index in [-0.39, 0.29) is 11.1 Å². The van der Waals surface area contributed by atoms with Gasteiger partial charge in [0.1, 0.15) is 0 Å². The highest BCUT2D eigenvalue weighted by Gasteiger charge is 2.48. The Morgan fingerprint density at radius 2 is 1.68 bits per heavy atom. The highest BCUT2D eigenvalue weighted by molar-refractivity contribution is 5.02. The van der Waals surface area contributed by atoms with E-state index < -0.39 is 0 Å². The largest absolute Gasteiger partial charge is 0.375 e. The molecule has 1 heterocycles. The summed E-state index contributed by atoms with van der Waals surface area (Å²) in [5.74, 6) is 0.704. The second-order valence-electron chi connectivity index (χ2n) is 8.33. The van der Waals surface area contributed by atoms with Gasteiger partial charge in [0.15, 0.2) is 0 Å². The predicted molar refractivity (Wildman–Crippen MR) is 79.0 cm³/mol. The van der Waals surface area contributed by atoms with Crippen LogP contribution in [0.2, 0.25) is 0 Å². The number of hydrogen-bond donors (Lipinski definition) is 1. The van der Waals surface area contributed by atoms with Crippen LogP contribution in [0, 0.1) is 11.3 Å². The Balaban J connectivity index is 1.69. The molecule has 0 radical (unpaired) electrons. The molecule has 3 aliphatic rings. The van der Waals surface area contributed by atoms with E-state index in [4.69, 9.17) is 10.5 Å². The van der Waals surface area contributed by atoms with Crippen LogP contribution in [-0.4, -0.2) is 17.7 Å². The molecule has 2 saturated carbocycles. The van der Waals surface area contributed by atoms with E-state index in [2.05, 4.69) is 13.8 Å². The molecule has 1 aliphatic heterocycles. The molecule has 2 aliphatic carbocycles. The molecule has 1 saturated heterocycles. The molecule has 0 aromatic rings. The van der Waals surface area contributed by atoms with E-state index in [0.29, 0.717) is 11.3 Å². The van der Waals surface area contributed by atoms with Crippen LogP contribution in [0.25, 0.3) is 0 Å². The summed E-state index contributed by atoms with van der Waals surface area (Å²) in [6.07, 6.45) is 12.8. The third kappa shape index (κ3) is 2.71. The normalized spacial score (nSPS) is 41.5. The van der Waals surface area contributed by atoms with Gasteiger partial charge in [-0.2, -0.15) is 0 Å². The lowest BCUT2D eigenvalue weighted by molar-refractivity contribution is -0.153. The van der Waals surface area contributed by atoms with Gasteiger partial charge in [-0.25, -0.2) is 0 Å². The monoisotopic (exact) mass is 265 g/mol. The molecule has 0 bridgehead atoms. The maximum atomic E-state index is 6.90. The van der Waals surface area contributed by atoms with Crippen LogP contribution >= 0.6 is 0 Å². The van der Waals surface area contributed by atoms with Crippen LogP contribution in [0.1, 0.15) is 78.1 Å². The van der Waals surface area contributed by atoms with Crippen molar-refractivity contribution in [3.8, 4) is 0 Å². The number of nitrogens with two attached hydrogens (primary N) is 1. The fourth-order valence-corrected chi connectivity index (χ4v) is 4.56. The molecular weight excluding hydrogens is 234 g/mol. The Morgan fingerprint density at radius 1 is 0.947 bits per heavy atom. The van der Waals surface area contributed by atoms with E-state index in [1.165, 1.54) is 64.2 Å². The van der Waals surface area contributed by atoms with Crippen molar-refractivity contribution in [2.75, 3.05) is 6.61 Å². The van der Waals surface area contributed by atoms with Gasteiger partial charge in [0, 0.05) is 12.1 Å².